The number of hydrogen-bond acceptors (Lipinski definition) is 5. The molecule has 1 aromatic heterocycles. The Morgan fingerprint density at radius 3 is 2.52 bits per heavy atom. The number of rotatable bonds is 5. The quantitative estimate of drug-likeness (QED) is 0.510. The molecule has 1 aliphatic rings. The smallest absolute Gasteiger partial charge is 0.275 e. The van der Waals surface area contributed by atoms with Gasteiger partial charge in [-0.25, -0.2) is 5.43 Å². The second-order valence-electron chi connectivity index (χ2n) is 7.18. The van der Waals surface area contributed by atoms with Crippen LogP contribution in [0.5, 0.6) is 5.75 Å². The first-order valence-corrected chi connectivity index (χ1v) is 9.99. The molecule has 0 unspecified atom stereocenters. The monoisotopic (exact) mass is 391 g/mol. The van der Waals surface area contributed by atoms with Crippen molar-refractivity contribution in [1.29, 1.82) is 0 Å². The van der Waals surface area contributed by atoms with Gasteiger partial charge in [-0.1, -0.05) is 37.1 Å². The van der Waals surface area contributed by atoms with Crippen molar-refractivity contribution in [3.05, 3.63) is 59.9 Å². The molecule has 150 valence electrons. The van der Waals surface area contributed by atoms with Crippen LogP contribution in [0.15, 0.2) is 58.0 Å². The predicted octanol–water partition coefficient (Wildman–Crippen LogP) is 4.59. The van der Waals surface area contributed by atoms with E-state index in [0.29, 0.717) is 17.1 Å². The Balaban J connectivity index is 1.44. The van der Waals surface area contributed by atoms with Gasteiger partial charge in [0.25, 0.3) is 5.91 Å². The lowest BCUT2D eigenvalue weighted by molar-refractivity contribution is 0.0952. The van der Waals surface area contributed by atoms with E-state index in [4.69, 9.17) is 9.15 Å². The lowest BCUT2D eigenvalue weighted by Crippen LogP contribution is -2.23. The third kappa shape index (κ3) is 4.42. The molecular weight excluding hydrogens is 366 g/mol. The first kappa shape index (κ1) is 19.1. The number of furan rings is 1. The standard InChI is InChI=1S/C23H25N3O3/c1-28-21-15-18-9-5-4-8-17(18)14-20(21)23(27)25-24-16-19-10-11-22(29-19)26-12-6-2-3-7-13-26/h4-5,8-11,14-16H,2-3,6-7,12-13H2,1H3,(H,25,27). The first-order chi connectivity index (χ1) is 14.2. The molecule has 2 aromatic carbocycles. The number of methoxy groups -OCH3 is 1. The van der Waals surface area contributed by atoms with Crippen LogP contribution in [0, 0.1) is 0 Å². The van der Waals surface area contributed by atoms with Crippen molar-refractivity contribution in [3.63, 3.8) is 0 Å². The van der Waals surface area contributed by atoms with Gasteiger partial charge in [-0.2, -0.15) is 5.10 Å². The number of nitrogens with one attached hydrogen (secondary N) is 1. The molecule has 4 rings (SSSR count). The summed E-state index contributed by atoms with van der Waals surface area (Å²) in [7, 11) is 1.55. The predicted molar refractivity (Wildman–Crippen MR) is 115 cm³/mol. The van der Waals surface area contributed by atoms with Crippen LogP contribution in [-0.4, -0.2) is 32.3 Å². The highest BCUT2D eigenvalue weighted by Crippen LogP contribution is 2.26. The number of carbonyl (C=O) groups excluding carboxylic acids is 1. The zero-order valence-electron chi connectivity index (χ0n) is 16.6. The minimum atomic E-state index is -0.330. The van der Waals surface area contributed by atoms with Crippen molar-refractivity contribution >= 4 is 28.8 Å². The van der Waals surface area contributed by atoms with Crippen molar-refractivity contribution in [2.75, 3.05) is 25.1 Å². The maximum Gasteiger partial charge on any atom is 0.275 e. The number of carbonyl (C=O) groups is 1. The van der Waals surface area contributed by atoms with Crippen LogP contribution in [0.2, 0.25) is 0 Å². The topological polar surface area (TPSA) is 67.1 Å². The average Bonchev–Trinajstić information content (AvgIpc) is 3.05. The van der Waals surface area contributed by atoms with Crippen molar-refractivity contribution in [1.82, 2.24) is 5.43 Å². The Bertz CT molecular complexity index is 1020. The van der Waals surface area contributed by atoms with Gasteiger partial charge in [0, 0.05) is 19.2 Å². The fourth-order valence-electron chi connectivity index (χ4n) is 3.65. The molecule has 1 N–H and O–H groups in total. The molecule has 6 nitrogen and oxygen atoms in total. The summed E-state index contributed by atoms with van der Waals surface area (Å²) >= 11 is 0. The minimum Gasteiger partial charge on any atom is -0.496 e. The zero-order chi connectivity index (χ0) is 20.1. The first-order valence-electron chi connectivity index (χ1n) is 9.99. The number of benzene rings is 2. The maximum atomic E-state index is 12.6. The average molecular weight is 391 g/mol. The van der Waals surface area contributed by atoms with Gasteiger partial charge >= 0.3 is 0 Å². The summed E-state index contributed by atoms with van der Waals surface area (Å²) < 4.78 is 11.3. The number of hydrazone groups is 1. The Morgan fingerprint density at radius 1 is 1.07 bits per heavy atom. The summed E-state index contributed by atoms with van der Waals surface area (Å²) in [5.41, 5.74) is 3.00. The maximum absolute atomic E-state index is 12.6. The minimum absolute atomic E-state index is 0.330. The number of fused-ring (bicyclic) bond motifs is 1. The highest BCUT2D eigenvalue weighted by Gasteiger charge is 2.14. The highest BCUT2D eigenvalue weighted by atomic mass is 16.5. The fraction of sp³-hybridized carbons (Fsp3) is 0.304. The summed E-state index contributed by atoms with van der Waals surface area (Å²) in [6.45, 7) is 2.03. The summed E-state index contributed by atoms with van der Waals surface area (Å²) in [6.07, 6.45) is 6.44. The van der Waals surface area contributed by atoms with Crippen molar-refractivity contribution in [2.24, 2.45) is 5.10 Å². The molecule has 3 aromatic rings. The second-order valence-corrected chi connectivity index (χ2v) is 7.18. The summed E-state index contributed by atoms with van der Waals surface area (Å²) in [5, 5.41) is 6.04. The molecule has 0 radical (unpaired) electrons. The van der Waals surface area contributed by atoms with Crippen LogP contribution in [0.3, 0.4) is 0 Å². The highest BCUT2D eigenvalue weighted by molar-refractivity contribution is 6.01. The second kappa shape index (κ2) is 8.82. The van der Waals surface area contributed by atoms with Crippen LogP contribution < -0.4 is 15.1 Å². The van der Waals surface area contributed by atoms with E-state index >= 15 is 0 Å². The van der Waals surface area contributed by atoms with Gasteiger partial charge in [-0.05, 0) is 41.8 Å². The third-order valence-electron chi connectivity index (χ3n) is 5.20. The van der Waals surface area contributed by atoms with Crippen molar-refractivity contribution < 1.29 is 13.9 Å². The van der Waals surface area contributed by atoms with E-state index in [2.05, 4.69) is 15.4 Å². The van der Waals surface area contributed by atoms with Crippen LogP contribution >= 0.6 is 0 Å². The SMILES string of the molecule is COc1cc2ccccc2cc1C(=O)NN=Cc1ccc(N2CCCCCC2)o1. The fourth-order valence-corrected chi connectivity index (χ4v) is 3.65. The van der Waals surface area contributed by atoms with E-state index < -0.39 is 0 Å². The molecule has 6 heteroatoms. The van der Waals surface area contributed by atoms with Gasteiger partial charge in [0.1, 0.15) is 11.5 Å². The van der Waals surface area contributed by atoms with E-state index in [0.717, 1.165) is 29.7 Å². The number of hydrogen-bond donors (Lipinski definition) is 1. The summed E-state index contributed by atoms with van der Waals surface area (Å²) in [5.74, 6) is 1.65. The molecule has 29 heavy (non-hydrogen) atoms. The van der Waals surface area contributed by atoms with E-state index in [1.54, 1.807) is 7.11 Å². The Kier molecular flexibility index (Phi) is 5.79. The molecule has 2 heterocycles. The zero-order valence-corrected chi connectivity index (χ0v) is 16.6. The summed E-state index contributed by atoms with van der Waals surface area (Å²) in [4.78, 5) is 14.9. The number of anilines is 1. The number of ether oxygens (including phenoxy) is 1. The third-order valence-corrected chi connectivity index (χ3v) is 5.20. The molecule has 0 atom stereocenters. The van der Waals surface area contributed by atoms with E-state index in [1.165, 1.54) is 31.9 Å². The van der Waals surface area contributed by atoms with Crippen LogP contribution in [0.1, 0.15) is 41.8 Å². The van der Waals surface area contributed by atoms with Crippen molar-refractivity contribution in [3.8, 4) is 5.75 Å². The van der Waals surface area contributed by atoms with Crippen LogP contribution in [0.4, 0.5) is 5.88 Å². The molecule has 0 bridgehead atoms. The Hall–Kier alpha value is -3.28. The Morgan fingerprint density at radius 2 is 1.79 bits per heavy atom. The molecule has 1 saturated heterocycles. The molecule has 1 fully saturated rings. The largest absolute Gasteiger partial charge is 0.496 e. The molecule has 1 aliphatic heterocycles. The number of amides is 1. The molecule has 0 aliphatic carbocycles. The normalized spacial score (nSPS) is 14.9. The van der Waals surface area contributed by atoms with Gasteiger partial charge in [0.2, 0.25) is 0 Å². The van der Waals surface area contributed by atoms with Gasteiger partial charge in [-0.15, -0.1) is 0 Å². The van der Waals surface area contributed by atoms with Gasteiger partial charge in [0.15, 0.2) is 5.88 Å². The summed E-state index contributed by atoms with van der Waals surface area (Å²) in [6, 6.07) is 15.3. The lowest BCUT2D eigenvalue weighted by Gasteiger charge is -2.18. The Labute approximate surface area is 170 Å². The van der Waals surface area contributed by atoms with E-state index in [1.807, 2.05) is 48.5 Å². The van der Waals surface area contributed by atoms with Gasteiger partial charge in [0.05, 0.1) is 18.9 Å². The van der Waals surface area contributed by atoms with Crippen LogP contribution in [0.25, 0.3) is 10.8 Å². The van der Waals surface area contributed by atoms with E-state index in [-0.39, 0.29) is 5.91 Å². The lowest BCUT2D eigenvalue weighted by atomic mass is 10.1. The van der Waals surface area contributed by atoms with Gasteiger partial charge in [-0.3, -0.25) is 4.79 Å². The van der Waals surface area contributed by atoms with Gasteiger partial charge < -0.3 is 14.1 Å². The molecular formula is C23H25N3O3. The molecule has 0 saturated carbocycles. The molecule has 0 spiro atoms. The molecule has 1 amide bonds. The number of nitrogens with zero attached hydrogens (tertiary/aromatic N) is 2. The van der Waals surface area contributed by atoms with Crippen molar-refractivity contribution in [2.45, 2.75) is 25.7 Å². The van der Waals surface area contributed by atoms with Crippen LogP contribution in [-0.2, 0) is 0 Å². The van der Waals surface area contributed by atoms with E-state index in [9.17, 15) is 4.79 Å².